The van der Waals surface area contributed by atoms with Gasteiger partial charge in [0.2, 0.25) is 5.89 Å². The number of carbonyl (C=O) groups excluding carboxylic acids is 1. The van der Waals surface area contributed by atoms with Crippen LogP contribution in [0.15, 0.2) is 59.1 Å². The Labute approximate surface area is 152 Å². The molecule has 0 aliphatic heterocycles. The molecule has 3 aromatic rings. The molecule has 2 aromatic carbocycles. The van der Waals surface area contributed by atoms with E-state index in [2.05, 4.69) is 17.2 Å². The molecule has 134 valence electrons. The second-order valence-corrected chi connectivity index (χ2v) is 6.25. The standard InChI is InChI=1S/C21H21FN2O2/c1-3-6-14(2)24-20(25)17-7-4-5-8-18(17)21-23-13-19(26-21)15-9-11-16(22)12-10-15/h4-5,7-14H,3,6H2,1-2H3,(H,24,25)/t14-/m0/s1. The number of hydrogen-bond donors (Lipinski definition) is 1. The van der Waals surface area contributed by atoms with Crippen molar-refractivity contribution >= 4 is 5.91 Å². The fraction of sp³-hybridized carbons (Fsp3) is 0.238. The number of carbonyl (C=O) groups is 1. The van der Waals surface area contributed by atoms with Gasteiger partial charge in [0, 0.05) is 17.2 Å². The first-order chi connectivity index (χ1) is 12.6. The van der Waals surface area contributed by atoms with Crippen LogP contribution in [0.5, 0.6) is 0 Å². The number of oxazole rings is 1. The number of aromatic nitrogens is 1. The Morgan fingerprint density at radius 1 is 1.19 bits per heavy atom. The maximum absolute atomic E-state index is 13.1. The Morgan fingerprint density at radius 3 is 2.65 bits per heavy atom. The third-order valence-corrected chi connectivity index (χ3v) is 4.14. The molecular formula is C21H21FN2O2. The molecule has 1 atom stereocenters. The highest BCUT2D eigenvalue weighted by molar-refractivity contribution is 6.00. The predicted octanol–water partition coefficient (Wildman–Crippen LogP) is 5.07. The van der Waals surface area contributed by atoms with Crippen LogP contribution in [0, 0.1) is 5.82 Å². The van der Waals surface area contributed by atoms with E-state index in [1.165, 1.54) is 12.1 Å². The van der Waals surface area contributed by atoms with E-state index in [1.807, 2.05) is 19.1 Å². The van der Waals surface area contributed by atoms with Gasteiger partial charge in [-0.1, -0.05) is 25.5 Å². The topological polar surface area (TPSA) is 55.1 Å². The van der Waals surface area contributed by atoms with Crippen molar-refractivity contribution in [2.45, 2.75) is 32.7 Å². The Balaban J connectivity index is 1.88. The summed E-state index contributed by atoms with van der Waals surface area (Å²) in [5.74, 6) is 0.424. The Kier molecular flexibility index (Phi) is 5.46. The van der Waals surface area contributed by atoms with Crippen molar-refractivity contribution in [2.24, 2.45) is 0 Å². The molecular weight excluding hydrogens is 331 g/mol. The Bertz CT molecular complexity index is 887. The molecule has 0 aliphatic rings. The van der Waals surface area contributed by atoms with Crippen LogP contribution in [0.3, 0.4) is 0 Å². The van der Waals surface area contributed by atoms with Crippen molar-refractivity contribution in [3.63, 3.8) is 0 Å². The summed E-state index contributed by atoms with van der Waals surface area (Å²) in [5.41, 5.74) is 1.87. The molecule has 0 saturated carbocycles. The summed E-state index contributed by atoms with van der Waals surface area (Å²) >= 11 is 0. The monoisotopic (exact) mass is 352 g/mol. The molecule has 4 nitrogen and oxygen atoms in total. The molecule has 5 heteroatoms. The lowest BCUT2D eigenvalue weighted by molar-refractivity contribution is 0.0938. The number of halogens is 1. The van der Waals surface area contributed by atoms with E-state index in [0.29, 0.717) is 22.8 Å². The van der Waals surface area contributed by atoms with Crippen molar-refractivity contribution in [3.8, 4) is 22.8 Å². The largest absolute Gasteiger partial charge is 0.436 e. The first-order valence-corrected chi connectivity index (χ1v) is 8.70. The molecule has 1 heterocycles. The van der Waals surface area contributed by atoms with Crippen molar-refractivity contribution in [1.82, 2.24) is 10.3 Å². The van der Waals surface area contributed by atoms with Crippen molar-refractivity contribution in [2.75, 3.05) is 0 Å². The van der Waals surface area contributed by atoms with Gasteiger partial charge < -0.3 is 9.73 Å². The minimum atomic E-state index is -0.309. The van der Waals surface area contributed by atoms with Crippen molar-refractivity contribution in [1.29, 1.82) is 0 Å². The highest BCUT2D eigenvalue weighted by Crippen LogP contribution is 2.28. The number of rotatable bonds is 6. The van der Waals surface area contributed by atoms with Crippen molar-refractivity contribution in [3.05, 3.63) is 66.1 Å². The van der Waals surface area contributed by atoms with E-state index in [0.717, 1.165) is 18.4 Å². The third kappa shape index (κ3) is 3.99. The average Bonchev–Trinajstić information content (AvgIpc) is 3.12. The molecule has 0 saturated heterocycles. The maximum atomic E-state index is 13.1. The fourth-order valence-electron chi connectivity index (χ4n) is 2.82. The van der Waals surface area contributed by atoms with Gasteiger partial charge in [-0.25, -0.2) is 9.37 Å². The minimum absolute atomic E-state index is 0.0971. The summed E-state index contributed by atoms with van der Waals surface area (Å²) in [4.78, 5) is 16.9. The van der Waals surface area contributed by atoms with Gasteiger partial charge >= 0.3 is 0 Å². The average molecular weight is 352 g/mol. The molecule has 0 aliphatic carbocycles. The summed E-state index contributed by atoms with van der Waals surface area (Å²) in [7, 11) is 0. The zero-order valence-corrected chi connectivity index (χ0v) is 14.8. The number of nitrogens with one attached hydrogen (secondary N) is 1. The second kappa shape index (κ2) is 7.95. The summed E-state index contributed by atoms with van der Waals surface area (Å²) in [6, 6.07) is 13.3. The normalized spacial score (nSPS) is 12.0. The molecule has 0 bridgehead atoms. The molecule has 0 fully saturated rings. The van der Waals surface area contributed by atoms with Gasteiger partial charge in [-0.2, -0.15) is 0 Å². The SMILES string of the molecule is CCC[C@H](C)NC(=O)c1ccccc1-c1ncc(-c2ccc(F)cc2)o1. The van der Waals surface area contributed by atoms with Crippen LogP contribution in [0.2, 0.25) is 0 Å². The lowest BCUT2D eigenvalue weighted by Gasteiger charge is -2.14. The van der Waals surface area contributed by atoms with Gasteiger partial charge in [-0.3, -0.25) is 4.79 Å². The molecule has 0 spiro atoms. The highest BCUT2D eigenvalue weighted by Gasteiger charge is 2.18. The Morgan fingerprint density at radius 2 is 1.92 bits per heavy atom. The smallest absolute Gasteiger partial charge is 0.252 e. The maximum Gasteiger partial charge on any atom is 0.252 e. The van der Waals surface area contributed by atoms with Crippen molar-refractivity contribution < 1.29 is 13.6 Å². The highest BCUT2D eigenvalue weighted by atomic mass is 19.1. The lowest BCUT2D eigenvalue weighted by atomic mass is 10.1. The molecule has 1 aromatic heterocycles. The number of nitrogens with zero attached hydrogens (tertiary/aromatic N) is 1. The quantitative estimate of drug-likeness (QED) is 0.674. The molecule has 26 heavy (non-hydrogen) atoms. The number of benzene rings is 2. The first-order valence-electron chi connectivity index (χ1n) is 8.70. The van der Waals surface area contributed by atoms with Crippen LogP contribution in [0.4, 0.5) is 4.39 Å². The first kappa shape index (κ1) is 17.9. The Hall–Kier alpha value is -2.95. The van der Waals surface area contributed by atoms with E-state index in [1.54, 1.807) is 30.5 Å². The summed E-state index contributed by atoms with van der Waals surface area (Å²) in [5, 5.41) is 3.00. The minimum Gasteiger partial charge on any atom is -0.436 e. The molecule has 0 unspecified atom stereocenters. The van der Waals surface area contributed by atoms with Crippen LogP contribution in [-0.4, -0.2) is 16.9 Å². The van der Waals surface area contributed by atoms with Gasteiger partial charge in [-0.05, 0) is 49.7 Å². The van der Waals surface area contributed by atoms with E-state index >= 15 is 0 Å². The van der Waals surface area contributed by atoms with Gasteiger partial charge in [0.05, 0.1) is 11.8 Å². The van der Waals surface area contributed by atoms with Crippen LogP contribution in [-0.2, 0) is 0 Å². The summed E-state index contributed by atoms with van der Waals surface area (Å²) in [6.45, 7) is 4.07. The van der Waals surface area contributed by atoms with Crippen LogP contribution < -0.4 is 5.32 Å². The summed E-state index contributed by atoms with van der Waals surface area (Å²) in [6.07, 6.45) is 3.50. The molecule has 1 amide bonds. The van der Waals surface area contributed by atoms with Gasteiger partial charge in [0.25, 0.3) is 5.91 Å². The number of hydrogen-bond acceptors (Lipinski definition) is 3. The third-order valence-electron chi connectivity index (χ3n) is 4.14. The number of amides is 1. The van der Waals surface area contributed by atoms with E-state index in [-0.39, 0.29) is 17.8 Å². The molecule has 3 rings (SSSR count). The zero-order chi connectivity index (χ0) is 18.5. The van der Waals surface area contributed by atoms with E-state index in [4.69, 9.17) is 4.42 Å². The summed E-state index contributed by atoms with van der Waals surface area (Å²) < 4.78 is 18.9. The zero-order valence-electron chi connectivity index (χ0n) is 14.8. The molecule has 0 radical (unpaired) electrons. The molecule has 1 N–H and O–H groups in total. The van der Waals surface area contributed by atoms with Crippen LogP contribution in [0.25, 0.3) is 22.8 Å². The van der Waals surface area contributed by atoms with E-state index < -0.39 is 0 Å². The predicted molar refractivity (Wildman–Crippen MR) is 99.2 cm³/mol. The van der Waals surface area contributed by atoms with Gasteiger partial charge in [-0.15, -0.1) is 0 Å². The van der Waals surface area contributed by atoms with Crippen LogP contribution in [0.1, 0.15) is 37.0 Å². The fourth-order valence-corrected chi connectivity index (χ4v) is 2.82. The van der Waals surface area contributed by atoms with E-state index in [9.17, 15) is 9.18 Å². The second-order valence-electron chi connectivity index (χ2n) is 6.25. The van der Waals surface area contributed by atoms with Crippen LogP contribution >= 0.6 is 0 Å². The van der Waals surface area contributed by atoms with Gasteiger partial charge in [0.1, 0.15) is 5.82 Å². The van der Waals surface area contributed by atoms with Gasteiger partial charge in [0.15, 0.2) is 5.76 Å². The lowest BCUT2D eigenvalue weighted by Crippen LogP contribution is -2.32.